The van der Waals surface area contributed by atoms with Crippen molar-refractivity contribution in [3.05, 3.63) is 41.1 Å². The summed E-state index contributed by atoms with van der Waals surface area (Å²) in [4.78, 5) is 8.19. The van der Waals surface area contributed by atoms with E-state index in [9.17, 15) is 0 Å². The molecule has 1 aromatic carbocycles. The number of rotatable bonds is 5. The third-order valence-electron chi connectivity index (χ3n) is 2.15. The maximum absolute atomic E-state index is 5.58. The van der Waals surface area contributed by atoms with Gasteiger partial charge in [0.15, 0.2) is 0 Å². The highest BCUT2D eigenvalue weighted by atomic mass is 79.9. The minimum atomic E-state index is 0.531. The van der Waals surface area contributed by atoms with Crippen LogP contribution in [0.25, 0.3) is 0 Å². The first kappa shape index (κ1) is 12.6. The molecule has 1 aromatic heterocycles. The molecule has 0 bridgehead atoms. The topological polar surface area (TPSA) is 73.1 Å². The van der Waals surface area contributed by atoms with E-state index < -0.39 is 0 Å². The number of nitrogens with zero attached hydrogens (tertiary/aromatic N) is 2. The molecule has 0 amide bonds. The first-order valence-electron chi connectivity index (χ1n) is 5.44. The van der Waals surface area contributed by atoms with Gasteiger partial charge in [0.2, 0.25) is 5.95 Å². The molecule has 1 heterocycles. The molecule has 0 saturated heterocycles. The van der Waals surface area contributed by atoms with Crippen molar-refractivity contribution in [2.45, 2.75) is 0 Å². The van der Waals surface area contributed by atoms with Crippen LogP contribution in [0.3, 0.4) is 0 Å². The molecule has 2 aromatic rings. The molecule has 0 spiro atoms. The van der Waals surface area contributed by atoms with E-state index in [4.69, 9.17) is 10.5 Å². The molecule has 0 fully saturated rings. The number of nitrogen functional groups attached to an aromatic ring is 1. The molecule has 0 atom stereocenters. The van der Waals surface area contributed by atoms with Gasteiger partial charge in [-0.3, -0.25) is 0 Å². The lowest BCUT2D eigenvalue weighted by atomic mass is 10.3. The summed E-state index contributed by atoms with van der Waals surface area (Å²) in [6, 6.07) is 7.29. The fourth-order valence-corrected chi connectivity index (χ4v) is 1.50. The van der Waals surface area contributed by atoms with Gasteiger partial charge in [-0.25, -0.2) is 9.97 Å². The third-order valence-corrected chi connectivity index (χ3v) is 2.56. The van der Waals surface area contributed by atoms with E-state index in [0.717, 1.165) is 15.9 Å². The van der Waals surface area contributed by atoms with Gasteiger partial charge >= 0.3 is 0 Å². The number of benzene rings is 1. The summed E-state index contributed by atoms with van der Waals surface area (Å²) in [5, 5.41) is 3.06. The van der Waals surface area contributed by atoms with Crippen LogP contribution in [0.2, 0.25) is 0 Å². The van der Waals surface area contributed by atoms with Crippen LogP contribution in [0.5, 0.6) is 5.75 Å². The Morgan fingerprint density at radius 3 is 2.50 bits per heavy atom. The second-order valence-corrected chi connectivity index (χ2v) is 4.48. The Morgan fingerprint density at radius 1 is 1.17 bits per heavy atom. The summed E-state index contributed by atoms with van der Waals surface area (Å²) in [5.41, 5.74) is 6.31. The van der Waals surface area contributed by atoms with Crippen LogP contribution in [-0.4, -0.2) is 23.1 Å². The Labute approximate surface area is 114 Å². The summed E-state index contributed by atoms with van der Waals surface area (Å²) in [7, 11) is 0. The van der Waals surface area contributed by atoms with Gasteiger partial charge in [-0.05, 0) is 40.2 Å². The first-order chi connectivity index (χ1) is 8.74. The molecule has 2 rings (SSSR count). The van der Waals surface area contributed by atoms with Crippen LogP contribution < -0.4 is 15.8 Å². The van der Waals surface area contributed by atoms with E-state index in [-0.39, 0.29) is 0 Å². The minimum Gasteiger partial charge on any atom is -0.492 e. The Balaban J connectivity index is 1.73. The standard InChI is InChI=1S/C12H13BrN4O/c13-9-7-16-12(17-8-9)15-5-6-18-11-3-1-10(14)2-4-11/h1-4,7-8H,5-6,14H2,(H,15,16,17). The maximum atomic E-state index is 5.58. The molecular formula is C12H13BrN4O. The van der Waals surface area contributed by atoms with Crippen molar-refractivity contribution in [3.63, 3.8) is 0 Å². The average molecular weight is 309 g/mol. The van der Waals surface area contributed by atoms with Gasteiger partial charge in [-0.2, -0.15) is 0 Å². The summed E-state index contributed by atoms with van der Waals surface area (Å²) in [6.45, 7) is 1.16. The lowest BCUT2D eigenvalue weighted by Gasteiger charge is -2.07. The van der Waals surface area contributed by atoms with Gasteiger partial charge in [-0.1, -0.05) is 0 Å². The Kier molecular flexibility index (Phi) is 4.35. The van der Waals surface area contributed by atoms with Crippen molar-refractivity contribution >= 4 is 27.6 Å². The molecule has 6 heteroatoms. The lowest BCUT2D eigenvalue weighted by Crippen LogP contribution is -2.13. The largest absolute Gasteiger partial charge is 0.492 e. The highest BCUT2D eigenvalue weighted by Crippen LogP contribution is 2.12. The fraction of sp³-hybridized carbons (Fsp3) is 0.167. The van der Waals surface area contributed by atoms with Crippen molar-refractivity contribution in [1.29, 1.82) is 0 Å². The van der Waals surface area contributed by atoms with E-state index in [1.165, 1.54) is 0 Å². The fourth-order valence-electron chi connectivity index (χ4n) is 1.30. The molecule has 0 saturated carbocycles. The first-order valence-corrected chi connectivity index (χ1v) is 6.23. The second kappa shape index (κ2) is 6.20. The van der Waals surface area contributed by atoms with Crippen LogP contribution in [0, 0.1) is 0 Å². The highest BCUT2D eigenvalue weighted by molar-refractivity contribution is 9.10. The molecule has 94 valence electrons. The summed E-state index contributed by atoms with van der Waals surface area (Å²) < 4.78 is 6.38. The monoisotopic (exact) mass is 308 g/mol. The maximum Gasteiger partial charge on any atom is 0.222 e. The van der Waals surface area contributed by atoms with Gasteiger partial charge in [0.05, 0.1) is 11.0 Å². The van der Waals surface area contributed by atoms with E-state index in [1.54, 1.807) is 24.5 Å². The number of halogens is 1. The van der Waals surface area contributed by atoms with E-state index in [1.807, 2.05) is 12.1 Å². The molecule has 3 N–H and O–H groups in total. The van der Waals surface area contributed by atoms with Crippen molar-refractivity contribution in [2.75, 3.05) is 24.2 Å². The summed E-state index contributed by atoms with van der Waals surface area (Å²) in [6.07, 6.45) is 3.38. The average Bonchev–Trinajstić information content (AvgIpc) is 2.39. The van der Waals surface area contributed by atoms with Crippen LogP contribution in [0.4, 0.5) is 11.6 Å². The summed E-state index contributed by atoms with van der Waals surface area (Å²) >= 11 is 3.28. The molecule has 5 nitrogen and oxygen atoms in total. The van der Waals surface area contributed by atoms with Gasteiger partial charge in [0.1, 0.15) is 12.4 Å². The van der Waals surface area contributed by atoms with Crippen molar-refractivity contribution < 1.29 is 4.74 Å². The number of aromatic nitrogens is 2. The molecule has 0 unspecified atom stereocenters. The second-order valence-electron chi connectivity index (χ2n) is 3.57. The quantitative estimate of drug-likeness (QED) is 0.655. The molecule has 0 aliphatic carbocycles. The number of anilines is 2. The van der Waals surface area contributed by atoms with Crippen molar-refractivity contribution in [2.24, 2.45) is 0 Å². The van der Waals surface area contributed by atoms with Crippen LogP contribution >= 0.6 is 15.9 Å². The number of nitrogens with one attached hydrogen (secondary N) is 1. The number of nitrogens with two attached hydrogens (primary N) is 1. The predicted octanol–water partition coefficient (Wildman–Crippen LogP) is 2.31. The van der Waals surface area contributed by atoms with Crippen LogP contribution in [0.15, 0.2) is 41.1 Å². The molecule has 18 heavy (non-hydrogen) atoms. The van der Waals surface area contributed by atoms with E-state index in [2.05, 4.69) is 31.2 Å². The number of hydrogen-bond acceptors (Lipinski definition) is 5. The van der Waals surface area contributed by atoms with Crippen LogP contribution in [-0.2, 0) is 0 Å². The normalized spacial score (nSPS) is 10.1. The molecule has 0 radical (unpaired) electrons. The van der Waals surface area contributed by atoms with Gasteiger partial charge in [-0.15, -0.1) is 0 Å². The van der Waals surface area contributed by atoms with E-state index in [0.29, 0.717) is 19.1 Å². The Bertz CT molecular complexity index is 439. The smallest absolute Gasteiger partial charge is 0.222 e. The SMILES string of the molecule is Nc1ccc(OCCNc2ncc(Br)cn2)cc1. The van der Waals surface area contributed by atoms with E-state index >= 15 is 0 Å². The number of hydrogen-bond donors (Lipinski definition) is 2. The van der Waals surface area contributed by atoms with Gasteiger partial charge in [0, 0.05) is 18.1 Å². The zero-order valence-corrected chi connectivity index (χ0v) is 11.2. The Morgan fingerprint density at radius 2 is 1.83 bits per heavy atom. The molecule has 0 aliphatic rings. The molecule has 0 aliphatic heterocycles. The summed E-state index contributed by atoms with van der Waals surface area (Å²) in [5.74, 6) is 1.38. The van der Waals surface area contributed by atoms with Gasteiger partial charge < -0.3 is 15.8 Å². The zero-order chi connectivity index (χ0) is 12.8. The minimum absolute atomic E-state index is 0.531. The zero-order valence-electron chi connectivity index (χ0n) is 9.64. The highest BCUT2D eigenvalue weighted by Gasteiger charge is 1.96. The third kappa shape index (κ3) is 3.89. The van der Waals surface area contributed by atoms with Crippen molar-refractivity contribution in [3.8, 4) is 5.75 Å². The predicted molar refractivity (Wildman–Crippen MR) is 74.6 cm³/mol. The van der Waals surface area contributed by atoms with Crippen molar-refractivity contribution in [1.82, 2.24) is 9.97 Å². The lowest BCUT2D eigenvalue weighted by molar-refractivity contribution is 0.332. The molecular weight excluding hydrogens is 296 g/mol. The Hall–Kier alpha value is -1.82. The van der Waals surface area contributed by atoms with Crippen LogP contribution in [0.1, 0.15) is 0 Å². The number of ether oxygens (including phenoxy) is 1. The van der Waals surface area contributed by atoms with Gasteiger partial charge in [0.25, 0.3) is 0 Å².